The molecule has 4 nitrogen and oxygen atoms in total. The van der Waals surface area contributed by atoms with E-state index in [4.69, 9.17) is 4.52 Å². The van der Waals surface area contributed by atoms with Crippen molar-refractivity contribution in [2.75, 3.05) is 0 Å². The quantitative estimate of drug-likeness (QED) is 0.109. The minimum Gasteiger partial charge on any atom is -0.356 e. The van der Waals surface area contributed by atoms with Gasteiger partial charge in [0.2, 0.25) is 0 Å². The van der Waals surface area contributed by atoms with Crippen LogP contribution in [-0.4, -0.2) is 16.7 Å². The van der Waals surface area contributed by atoms with Crippen LogP contribution in [0.4, 0.5) is 4.39 Å². The molecule has 0 spiro atoms. The summed E-state index contributed by atoms with van der Waals surface area (Å²) in [5.74, 6) is 4.13. The van der Waals surface area contributed by atoms with Crippen molar-refractivity contribution in [3.05, 3.63) is 88.9 Å². The highest BCUT2D eigenvalue weighted by atomic mass is 19.1. The Balaban J connectivity index is 0.838. The van der Waals surface area contributed by atoms with Gasteiger partial charge in [0.25, 0.3) is 0 Å². The topological polar surface area (TPSA) is 60.2 Å². The number of halogens is 1. The molecule has 4 fully saturated rings. The maximum Gasteiger partial charge on any atom is 0.194 e. The number of aromatic nitrogens is 1. The lowest BCUT2D eigenvalue weighted by molar-refractivity contribution is 0.0586. The number of hydrogen-bond acceptors (Lipinski definition) is 4. The van der Waals surface area contributed by atoms with Crippen molar-refractivity contribution in [2.45, 2.75) is 109 Å². The molecule has 5 aliphatic rings. The third kappa shape index (κ3) is 5.58. The fourth-order valence-corrected chi connectivity index (χ4v) is 11.4. The number of carbonyl (C=O) groups is 2. The summed E-state index contributed by atoms with van der Waals surface area (Å²) in [5.41, 5.74) is 6.17. The van der Waals surface area contributed by atoms with Gasteiger partial charge in [-0.2, -0.15) is 0 Å². The highest BCUT2D eigenvalue weighted by Crippen LogP contribution is 2.63. The summed E-state index contributed by atoms with van der Waals surface area (Å²) < 4.78 is 19.3. The van der Waals surface area contributed by atoms with Crippen LogP contribution in [-0.2, 0) is 0 Å². The molecule has 7 atom stereocenters. The van der Waals surface area contributed by atoms with Gasteiger partial charge in [0.05, 0.1) is 5.69 Å². The largest absolute Gasteiger partial charge is 0.356 e. The van der Waals surface area contributed by atoms with E-state index in [0.717, 1.165) is 76.8 Å². The molecule has 7 unspecified atom stereocenters. The van der Waals surface area contributed by atoms with Gasteiger partial charge >= 0.3 is 0 Å². The van der Waals surface area contributed by atoms with Crippen molar-refractivity contribution in [1.29, 1.82) is 0 Å². The van der Waals surface area contributed by atoms with E-state index in [9.17, 15) is 14.0 Å². The molecule has 1 heterocycles. The van der Waals surface area contributed by atoms with Crippen molar-refractivity contribution < 1.29 is 18.5 Å². The normalized spacial score (nSPS) is 29.7. The number of fused-ring (bicyclic) bond motifs is 4. The SMILES string of the molecule is CC(CC1CCCC1(CCC1CCC1C(=O)c1ccc2c(c1)C(=O)c1ccccc1-2)C1CC1)C1CCCC(c2noc3cc(F)ccc23)CC1. The number of benzene rings is 3. The molecule has 0 radical (unpaired) electrons. The van der Waals surface area contributed by atoms with Gasteiger partial charge in [0.1, 0.15) is 5.82 Å². The molecule has 1 aromatic heterocycles. The Morgan fingerprint density at radius 2 is 1.72 bits per heavy atom. The predicted octanol–water partition coefficient (Wildman–Crippen LogP) is 11.8. The molecule has 4 saturated carbocycles. The highest BCUT2D eigenvalue weighted by Gasteiger charge is 2.53. The molecule has 260 valence electrons. The summed E-state index contributed by atoms with van der Waals surface area (Å²) in [6.45, 7) is 2.54. The average Bonchev–Trinajstić information content (AvgIpc) is 3.77. The maximum absolute atomic E-state index is 13.9. The minimum absolute atomic E-state index is 0.0494. The van der Waals surface area contributed by atoms with Crippen LogP contribution >= 0.6 is 0 Å². The number of rotatable bonds is 10. The van der Waals surface area contributed by atoms with Crippen molar-refractivity contribution in [1.82, 2.24) is 5.16 Å². The zero-order valence-corrected chi connectivity index (χ0v) is 29.5. The zero-order chi connectivity index (χ0) is 34.0. The maximum atomic E-state index is 13.9. The van der Waals surface area contributed by atoms with Crippen molar-refractivity contribution in [2.24, 2.45) is 40.9 Å². The Bertz CT molecular complexity index is 1940. The first-order chi connectivity index (χ1) is 24.4. The lowest BCUT2D eigenvalue weighted by atomic mass is 9.62. The summed E-state index contributed by atoms with van der Waals surface area (Å²) in [5, 5.41) is 5.41. The number of ketones is 2. The molecule has 5 aliphatic carbocycles. The molecule has 3 aromatic carbocycles. The number of hydrogen-bond donors (Lipinski definition) is 0. The number of Topliss-reactive ketones (excluding diaryl/α,β-unsaturated/α-hetero) is 1. The van der Waals surface area contributed by atoms with E-state index in [2.05, 4.69) is 12.1 Å². The molecule has 0 N–H and O–H groups in total. The molecule has 4 aromatic rings. The Morgan fingerprint density at radius 1 is 0.880 bits per heavy atom. The monoisotopic (exact) mass is 671 g/mol. The molecule has 0 amide bonds. The first kappa shape index (κ1) is 32.3. The molecule has 0 aliphatic heterocycles. The smallest absolute Gasteiger partial charge is 0.194 e. The summed E-state index contributed by atoms with van der Waals surface area (Å²) in [7, 11) is 0. The van der Waals surface area contributed by atoms with Gasteiger partial charge in [-0.25, -0.2) is 4.39 Å². The highest BCUT2D eigenvalue weighted by molar-refractivity contribution is 6.22. The summed E-state index contributed by atoms with van der Waals surface area (Å²) >= 11 is 0. The second kappa shape index (κ2) is 12.9. The van der Waals surface area contributed by atoms with Crippen LogP contribution in [0.3, 0.4) is 0 Å². The van der Waals surface area contributed by atoms with Crippen LogP contribution in [0.5, 0.6) is 0 Å². The first-order valence-electron chi connectivity index (χ1n) is 19.8. The molecular weight excluding hydrogens is 621 g/mol. The second-order valence-corrected chi connectivity index (χ2v) is 17.0. The molecule has 5 heteroatoms. The van der Waals surface area contributed by atoms with Gasteiger partial charge in [-0.1, -0.05) is 67.7 Å². The number of carbonyl (C=O) groups excluding carboxylic acids is 2. The van der Waals surface area contributed by atoms with E-state index in [1.54, 1.807) is 0 Å². The molecule has 0 saturated heterocycles. The van der Waals surface area contributed by atoms with Crippen molar-refractivity contribution >= 4 is 22.5 Å². The van der Waals surface area contributed by atoms with E-state index in [1.165, 1.54) is 82.8 Å². The van der Waals surface area contributed by atoms with Crippen LogP contribution in [0.1, 0.15) is 141 Å². The molecule has 9 rings (SSSR count). The van der Waals surface area contributed by atoms with E-state index in [1.807, 2.05) is 48.5 Å². The van der Waals surface area contributed by atoms with Crippen LogP contribution in [0, 0.1) is 46.7 Å². The van der Waals surface area contributed by atoms with Gasteiger partial charge < -0.3 is 4.52 Å². The van der Waals surface area contributed by atoms with Crippen LogP contribution in [0.25, 0.3) is 22.1 Å². The third-order valence-electron chi connectivity index (χ3n) is 14.5. The molecular formula is C45H50FNO3. The lowest BCUT2D eigenvalue weighted by Crippen LogP contribution is -2.36. The average molecular weight is 672 g/mol. The lowest BCUT2D eigenvalue weighted by Gasteiger charge is -2.42. The Hall–Kier alpha value is -3.60. The standard InChI is InChI=1S/C45H50FNO3/c1-27(28-6-4-7-30(12-11-28)42-39-20-17-34(46)26-41(39)50-47-42)24-33-8-5-22-45(33,32-15-16-32)23-21-29-13-18-35(29)43(48)31-14-19-37-36-9-2-3-10-38(36)44(49)40(37)25-31/h2-3,9-10,14,17,19-20,25-30,32-33,35H,4-8,11-13,15-16,18,21-24H2,1H3. The van der Waals surface area contributed by atoms with Crippen molar-refractivity contribution in [3.8, 4) is 11.1 Å². The second-order valence-electron chi connectivity index (χ2n) is 17.0. The van der Waals surface area contributed by atoms with E-state index in [0.29, 0.717) is 34.3 Å². The van der Waals surface area contributed by atoms with Gasteiger partial charge in [0.15, 0.2) is 17.1 Å². The van der Waals surface area contributed by atoms with Gasteiger partial charge in [-0.3, -0.25) is 9.59 Å². The third-order valence-corrected chi connectivity index (χ3v) is 14.5. The Kier molecular flexibility index (Phi) is 8.32. The minimum atomic E-state index is -0.273. The summed E-state index contributed by atoms with van der Waals surface area (Å²) in [6, 6.07) is 18.5. The van der Waals surface area contributed by atoms with Crippen LogP contribution in [0.2, 0.25) is 0 Å². The van der Waals surface area contributed by atoms with Crippen LogP contribution in [0.15, 0.2) is 65.2 Å². The Labute approximate surface area is 295 Å². The zero-order valence-electron chi connectivity index (χ0n) is 29.5. The van der Waals surface area contributed by atoms with Crippen molar-refractivity contribution in [3.63, 3.8) is 0 Å². The molecule has 50 heavy (non-hydrogen) atoms. The van der Waals surface area contributed by atoms with E-state index in [-0.39, 0.29) is 23.3 Å². The van der Waals surface area contributed by atoms with Gasteiger partial charge in [-0.05, 0) is 141 Å². The summed E-state index contributed by atoms with van der Waals surface area (Å²) in [6.07, 6.45) is 18.8. The fraction of sp³-hybridized carbons (Fsp3) is 0.533. The Morgan fingerprint density at radius 3 is 2.54 bits per heavy atom. The van der Waals surface area contributed by atoms with E-state index < -0.39 is 0 Å². The predicted molar refractivity (Wildman–Crippen MR) is 195 cm³/mol. The first-order valence-corrected chi connectivity index (χ1v) is 19.8. The van der Waals surface area contributed by atoms with E-state index >= 15 is 0 Å². The van der Waals surface area contributed by atoms with Crippen LogP contribution < -0.4 is 0 Å². The fourth-order valence-electron chi connectivity index (χ4n) is 11.4. The number of nitrogens with zero attached hydrogens (tertiary/aromatic N) is 1. The van der Waals surface area contributed by atoms with Gasteiger partial charge in [-0.15, -0.1) is 0 Å². The molecule has 0 bridgehead atoms. The summed E-state index contributed by atoms with van der Waals surface area (Å²) in [4.78, 5) is 27.0. The van der Waals surface area contributed by atoms with Gasteiger partial charge in [0, 0.05) is 40.0 Å².